The second-order valence-electron chi connectivity index (χ2n) is 8.77. The van der Waals surface area contributed by atoms with Crippen LogP contribution in [0.2, 0.25) is 0 Å². The third-order valence-corrected chi connectivity index (χ3v) is 6.22. The zero-order valence-electron chi connectivity index (χ0n) is 19.4. The van der Waals surface area contributed by atoms with Gasteiger partial charge in [0.25, 0.3) is 0 Å². The first-order chi connectivity index (χ1) is 16.7. The molecule has 3 heterocycles. The molecular formula is C28H29N5O. The Bertz CT molecular complexity index is 1420. The van der Waals surface area contributed by atoms with Crippen molar-refractivity contribution in [3.63, 3.8) is 0 Å². The Morgan fingerprint density at radius 2 is 2.00 bits per heavy atom. The van der Waals surface area contributed by atoms with Gasteiger partial charge in [0.1, 0.15) is 0 Å². The second-order valence-corrected chi connectivity index (χ2v) is 8.77. The Labute approximate surface area is 199 Å². The van der Waals surface area contributed by atoms with Crippen LogP contribution in [-0.4, -0.2) is 32.0 Å². The third kappa shape index (κ3) is 4.86. The molecule has 0 unspecified atom stereocenters. The van der Waals surface area contributed by atoms with Gasteiger partial charge in [0.2, 0.25) is 5.91 Å². The van der Waals surface area contributed by atoms with E-state index in [4.69, 9.17) is 4.98 Å². The number of aromatic nitrogens is 4. The number of carbonyl (C=O) groups is 1. The average Bonchev–Trinajstić information content (AvgIpc) is 3.50. The first-order valence-corrected chi connectivity index (χ1v) is 11.9. The van der Waals surface area contributed by atoms with Crippen molar-refractivity contribution in [1.82, 2.24) is 24.8 Å². The van der Waals surface area contributed by atoms with E-state index in [1.54, 1.807) is 12.5 Å². The van der Waals surface area contributed by atoms with Gasteiger partial charge in [-0.25, -0.2) is 9.97 Å². The predicted octanol–water partition coefficient (Wildman–Crippen LogP) is 5.42. The van der Waals surface area contributed by atoms with Crippen LogP contribution in [-0.2, 0) is 17.8 Å². The molecule has 0 aliphatic carbocycles. The number of carbonyl (C=O) groups excluding carboxylic acids is 1. The van der Waals surface area contributed by atoms with Gasteiger partial charge in [-0.2, -0.15) is 0 Å². The number of aryl methyl sites for hydroxylation is 3. The molecule has 5 rings (SSSR count). The number of para-hydroxylation sites is 1. The molecule has 0 aliphatic rings. The number of hydrogen-bond donors (Lipinski definition) is 2. The molecule has 34 heavy (non-hydrogen) atoms. The van der Waals surface area contributed by atoms with Gasteiger partial charge in [-0.15, -0.1) is 0 Å². The number of hydrogen-bond acceptors (Lipinski definition) is 3. The molecule has 0 radical (unpaired) electrons. The molecule has 2 N–H and O–H groups in total. The summed E-state index contributed by atoms with van der Waals surface area (Å²) in [5.74, 6) is 0.104. The first-order valence-electron chi connectivity index (χ1n) is 11.9. The quantitative estimate of drug-likeness (QED) is 0.294. The Kier molecular flexibility index (Phi) is 6.38. The summed E-state index contributed by atoms with van der Waals surface area (Å²) in [5, 5.41) is 5.39. The van der Waals surface area contributed by atoms with E-state index in [1.807, 2.05) is 29.0 Å². The predicted molar refractivity (Wildman–Crippen MR) is 137 cm³/mol. The fourth-order valence-corrected chi connectivity index (χ4v) is 4.47. The molecule has 6 nitrogen and oxygen atoms in total. The molecule has 0 saturated carbocycles. The molecule has 0 atom stereocenters. The fraction of sp³-hybridized carbons (Fsp3) is 0.250. The van der Waals surface area contributed by atoms with Gasteiger partial charge >= 0.3 is 0 Å². The van der Waals surface area contributed by atoms with Crippen LogP contribution in [0.25, 0.3) is 33.2 Å². The Morgan fingerprint density at radius 1 is 1.09 bits per heavy atom. The number of aromatic amines is 1. The highest BCUT2D eigenvalue weighted by atomic mass is 16.1. The molecule has 3 aromatic heterocycles. The van der Waals surface area contributed by atoms with Crippen molar-refractivity contribution >= 4 is 27.7 Å². The minimum absolute atomic E-state index is 0.104. The summed E-state index contributed by atoms with van der Waals surface area (Å²) in [6.07, 6.45) is 8.51. The van der Waals surface area contributed by atoms with Gasteiger partial charge in [-0.05, 0) is 56.0 Å². The minimum Gasteiger partial charge on any atom is -0.356 e. The van der Waals surface area contributed by atoms with Crippen molar-refractivity contribution < 1.29 is 4.79 Å². The minimum atomic E-state index is 0.104. The Morgan fingerprint density at radius 3 is 2.88 bits per heavy atom. The summed E-state index contributed by atoms with van der Waals surface area (Å²) >= 11 is 0. The number of benzene rings is 2. The van der Waals surface area contributed by atoms with Gasteiger partial charge in [-0.3, -0.25) is 4.79 Å². The van der Waals surface area contributed by atoms with Crippen LogP contribution in [0.3, 0.4) is 0 Å². The monoisotopic (exact) mass is 451 g/mol. The maximum absolute atomic E-state index is 12.4. The van der Waals surface area contributed by atoms with Crippen LogP contribution in [0, 0.1) is 6.92 Å². The lowest BCUT2D eigenvalue weighted by Gasteiger charge is -2.08. The molecule has 1 amide bonds. The molecular weight excluding hydrogens is 422 g/mol. The first kappa shape index (κ1) is 21.9. The normalized spacial score (nSPS) is 11.3. The summed E-state index contributed by atoms with van der Waals surface area (Å²) < 4.78 is 2.02. The summed E-state index contributed by atoms with van der Waals surface area (Å²) in [6, 6.07) is 18.8. The SMILES string of the molecule is Cc1ccc2[nH]c(-c3ccc4ccccc4n3)c(CCCC(=O)NCCCn3ccnc3)c2c1. The average molecular weight is 452 g/mol. The Hall–Kier alpha value is -3.93. The van der Waals surface area contributed by atoms with Crippen LogP contribution >= 0.6 is 0 Å². The lowest BCUT2D eigenvalue weighted by atomic mass is 10.0. The molecule has 0 aliphatic heterocycles. The van der Waals surface area contributed by atoms with Gasteiger partial charge in [0.05, 0.1) is 23.2 Å². The number of H-pyrrole nitrogens is 1. The van der Waals surface area contributed by atoms with Crippen LogP contribution in [0.1, 0.15) is 30.4 Å². The summed E-state index contributed by atoms with van der Waals surface area (Å²) in [6.45, 7) is 3.65. The van der Waals surface area contributed by atoms with Crippen molar-refractivity contribution in [2.24, 2.45) is 0 Å². The molecule has 6 heteroatoms. The Balaban J connectivity index is 1.28. The molecule has 172 valence electrons. The smallest absolute Gasteiger partial charge is 0.220 e. The van der Waals surface area contributed by atoms with E-state index in [9.17, 15) is 4.79 Å². The van der Waals surface area contributed by atoms with Crippen molar-refractivity contribution in [2.75, 3.05) is 6.54 Å². The number of amides is 1. The van der Waals surface area contributed by atoms with Crippen molar-refractivity contribution in [3.8, 4) is 11.4 Å². The third-order valence-electron chi connectivity index (χ3n) is 6.22. The molecule has 0 fully saturated rings. The lowest BCUT2D eigenvalue weighted by Crippen LogP contribution is -2.25. The maximum atomic E-state index is 12.4. The summed E-state index contributed by atoms with van der Waals surface area (Å²) in [4.78, 5) is 25.0. The highest BCUT2D eigenvalue weighted by Crippen LogP contribution is 2.32. The standard InChI is InChI=1S/C28H29N5O/c1-20-10-12-25-23(18-20)22(7-4-9-27(34)30-14-5-16-33-17-15-29-19-33)28(32-25)26-13-11-21-6-2-3-8-24(21)31-26/h2-3,6,8,10-13,15,17-19,32H,4-5,7,9,14,16H2,1H3,(H,30,34). The molecule has 2 aromatic carbocycles. The molecule has 0 spiro atoms. The zero-order chi connectivity index (χ0) is 23.3. The van der Waals surface area contributed by atoms with Crippen molar-refractivity contribution in [1.29, 1.82) is 0 Å². The number of rotatable bonds is 9. The number of fused-ring (bicyclic) bond motifs is 2. The van der Waals surface area contributed by atoms with E-state index in [-0.39, 0.29) is 5.91 Å². The van der Waals surface area contributed by atoms with Crippen molar-refractivity contribution in [3.05, 3.63) is 84.4 Å². The van der Waals surface area contributed by atoms with E-state index in [0.717, 1.165) is 53.6 Å². The maximum Gasteiger partial charge on any atom is 0.220 e. The summed E-state index contributed by atoms with van der Waals surface area (Å²) in [5.41, 5.74) is 6.53. The van der Waals surface area contributed by atoms with Crippen LogP contribution < -0.4 is 5.32 Å². The van der Waals surface area contributed by atoms with Crippen molar-refractivity contribution in [2.45, 2.75) is 39.2 Å². The second kappa shape index (κ2) is 9.91. The fourth-order valence-electron chi connectivity index (χ4n) is 4.47. The largest absolute Gasteiger partial charge is 0.356 e. The van der Waals surface area contributed by atoms with Crippen LogP contribution in [0.4, 0.5) is 0 Å². The number of nitrogens with one attached hydrogen (secondary N) is 2. The topological polar surface area (TPSA) is 75.6 Å². The van der Waals surface area contributed by atoms with Gasteiger partial charge in [0, 0.05) is 48.2 Å². The van der Waals surface area contributed by atoms with E-state index in [1.165, 1.54) is 16.5 Å². The highest BCUT2D eigenvalue weighted by molar-refractivity contribution is 5.92. The van der Waals surface area contributed by atoms with Gasteiger partial charge in [0.15, 0.2) is 0 Å². The number of pyridine rings is 1. The van der Waals surface area contributed by atoms with Gasteiger partial charge in [-0.1, -0.05) is 35.9 Å². The molecule has 0 saturated heterocycles. The highest BCUT2D eigenvalue weighted by Gasteiger charge is 2.15. The van der Waals surface area contributed by atoms with E-state index in [0.29, 0.717) is 13.0 Å². The molecule has 0 bridgehead atoms. The number of nitrogens with zero attached hydrogens (tertiary/aromatic N) is 3. The van der Waals surface area contributed by atoms with E-state index in [2.05, 4.69) is 58.6 Å². The van der Waals surface area contributed by atoms with Gasteiger partial charge < -0.3 is 14.9 Å². The zero-order valence-corrected chi connectivity index (χ0v) is 19.4. The molecule has 5 aromatic rings. The lowest BCUT2D eigenvalue weighted by molar-refractivity contribution is -0.121. The summed E-state index contributed by atoms with van der Waals surface area (Å²) in [7, 11) is 0. The van der Waals surface area contributed by atoms with E-state index < -0.39 is 0 Å². The van der Waals surface area contributed by atoms with Crippen LogP contribution in [0.5, 0.6) is 0 Å². The van der Waals surface area contributed by atoms with Crippen LogP contribution in [0.15, 0.2) is 73.3 Å². The van der Waals surface area contributed by atoms with E-state index >= 15 is 0 Å². The number of imidazole rings is 1.